The van der Waals surface area contributed by atoms with Crippen LogP contribution in [0.3, 0.4) is 0 Å². The van der Waals surface area contributed by atoms with Crippen LogP contribution >= 0.6 is 0 Å². The first-order chi connectivity index (χ1) is 18.5. The first-order valence-corrected chi connectivity index (χ1v) is 12.9. The van der Waals surface area contributed by atoms with E-state index in [1.165, 1.54) is 0 Å². The number of fused-ring (bicyclic) bond motifs is 1. The van der Waals surface area contributed by atoms with Gasteiger partial charge >= 0.3 is 5.97 Å². The molecule has 0 radical (unpaired) electrons. The number of benzene rings is 3. The normalized spacial score (nSPS) is 14.3. The summed E-state index contributed by atoms with van der Waals surface area (Å²) in [5.74, 6) is -0.645. The van der Waals surface area contributed by atoms with E-state index in [0.717, 1.165) is 16.7 Å². The Balaban J connectivity index is 1.93. The second kappa shape index (κ2) is 10.5. The number of hydrogen-bond donors (Lipinski definition) is 0. The summed E-state index contributed by atoms with van der Waals surface area (Å²) in [6.45, 7) is 1.99. The summed E-state index contributed by atoms with van der Waals surface area (Å²) in [7, 11) is 3.80. The molecule has 38 heavy (non-hydrogen) atoms. The van der Waals surface area contributed by atoms with Crippen molar-refractivity contribution < 1.29 is 14.3 Å². The van der Waals surface area contributed by atoms with E-state index in [-0.39, 0.29) is 18.1 Å². The standard InChI is InChI=1S/C32H31N3O3/c1-4-38-31(37)28-27-21-20-23(22-34(2)3)30(36)29(27)35(33-28)32(24-14-8-5-9-15-24,25-16-10-6-11-17-25)26-18-12-7-13-19-26/h5-19,22H,4,20-21H2,1-3H3/b23-22-. The molecular formula is C32H31N3O3. The largest absolute Gasteiger partial charge is 0.461 e. The predicted molar refractivity (Wildman–Crippen MR) is 147 cm³/mol. The van der Waals surface area contributed by atoms with Gasteiger partial charge in [0.1, 0.15) is 11.2 Å². The zero-order chi connectivity index (χ0) is 26.7. The molecule has 0 fully saturated rings. The molecule has 0 saturated carbocycles. The van der Waals surface area contributed by atoms with Crippen LogP contribution in [0.2, 0.25) is 0 Å². The van der Waals surface area contributed by atoms with Crippen molar-refractivity contribution >= 4 is 11.8 Å². The third-order valence-corrected chi connectivity index (χ3v) is 6.91. The highest BCUT2D eigenvalue weighted by molar-refractivity contribution is 6.11. The van der Waals surface area contributed by atoms with E-state index in [1.54, 1.807) is 11.6 Å². The van der Waals surface area contributed by atoms with Crippen LogP contribution in [0, 0.1) is 0 Å². The minimum Gasteiger partial charge on any atom is -0.461 e. The molecule has 3 aromatic carbocycles. The predicted octanol–water partition coefficient (Wildman–Crippen LogP) is 5.47. The summed E-state index contributed by atoms with van der Waals surface area (Å²) >= 11 is 0. The molecule has 1 heterocycles. The van der Waals surface area contributed by atoms with E-state index in [4.69, 9.17) is 9.84 Å². The third-order valence-electron chi connectivity index (χ3n) is 6.91. The number of hydrogen-bond acceptors (Lipinski definition) is 5. The van der Waals surface area contributed by atoms with Gasteiger partial charge in [0.15, 0.2) is 5.69 Å². The van der Waals surface area contributed by atoms with Gasteiger partial charge in [0.05, 0.1) is 6.61 Å². The second-order valence-electron chi connectivity index (χ2n) is 9.56. The summed E-state index contributed by atoms with van der Waals surface area (Å²) in [6.07, 6.45) is 2.91. The fourth-order valence-corrected chi connectivity index (χ4v) is 5.39. The Bertz CT molecular complexity index is 1380. The third kappa shape index (κ3) is 4.22. The van der Waals surface area contributed by atoms with Crippen molar-refractivity contribution in [2.75, 3.05) is 20.7 Å². The molecule has 0 N–H and O–H groups in total. The molecule has 192 valence electrons. The van der Waals surface area contributed by atoms with E-state index in [0.29, 0.717) is 29.7 Å². The lowest BCUT2D eigenvalue weighted by Gasteiger charge is -2.38. The minimum absolute atomic E-state index is 0.129. The molecule has 0 spiro atoms. The smallest absolute Gasteiger partial charge is 0.359 e. The van der Waals surface area contributed by atoms with Gasteiger partial charge in [0, 0.05) is 31.4 Å². The number of aromatic nitrogens is 2. The van der Waals surface area contributed by atoms with Crippen LogP contribution in [-0.4, -0.2) is 47.1 Å². The average molecular weight is 506 g/mol. The number of ketones is 1. The second-order valence-corrected chi connectivity index (χ2v) is 9.56. The Kier molecular flexibility index (Phi) is 6.97. The van der Waals surface area contributed by atoms with Crippen molar-refractivity contribution in [3.8, 4) is 0 Å². The lowest BCUT2D eigenvalue weighted by Crippen LogP contribution is -2.41. The molecule has 0 bridgehead atoms. The van der Waals surface area contributed by atoms with Crippen LogP contribution in [0.15, 0.2) is 103 Å². The van der Waals surface area contributed by atoms with Crippen molar-refractivity contribution in [1.29, 1.82) is 0 Å². The molecule has 6 heteroatoms. The van der Waals surface area contributed by atoms with Crippen LogP contribution in [0.25, 0.3) is 0 Å². The van der Waals surface area contributed by atoms with Crippen molar-refractivity contribution in [3.05, 3.63) is 136 Å². The van der Waals surface area contributed by atoms with Crippen LogP contribution < -0.4 is 0 Å². The summed E-state index contributed by atoms with van der Waals surface area (Å²) in [6, 6.07) is 30.1. The van der Waals surface area contributed by atoms with E-state index < -0.39 is 11.5 Å². The first-order valence-electron chi connectivity index (χ1n) is 12.9. The Morgan fingerprint density at radius 1 is 0.895 bits per heavy atom. The van der Waals surface area contributed by atoms with Crippen molar-refractivity contribution in [2.45, 2.75) is 25.3 Å². The van der Waals surface area contributed by atoms with E-state index in [9.17, 15) is 9.59 Å². The molecule has 0 aliphatic heterocycles. The molecule has 4 aromatic rings. The van der Waals surface area contributed by atoms with Crippen molar-refractivity contribution in [2.24, 2.45) is 0 Å². The lowest BCUT2D eigenvalue weighted by molar-refractivity contribution is 0.0516. The lowest BCUT2D eigenvalue weighted by atomic mass is 9.76. The monoisotopic (exact) mass is 505 g/mol. The van der Waals surface area contributed by atoms with Crippen molar-refractivity contribution in [1.82, 2.24) is 14.7 Å². The number of Topliss-reactive ketones (excluding diaryl/α,β-unsaturated/α-hetero) is 1. The number of ether oxygens (including phenoxy) is 1. The number of esters is 1. The van der Waals surface area contributed by atoms with Gasteiger partial charge < -0.3 is 9.64 Å². The Hall–Kier alpha value is -4.45. The van der Waals surface area contributed by atoms with Crippen LogP contribution in [0.1, 0.15) is 56.6 Å². The minimum atomic E-state index is -1.02. The summed E-state index contributed by atoms with van der Waals surface area (Å²) in [4.78, 5) is 29.3. The van der Waals surface area contributed by atoms with E-state index >= 15 is 0 Å². The number of carbonyl (C=O) groups excluding carboxylic acids is 2. The van der Waals surface area contributed by atoms with Crippen molar-refractivity contribution in [3.63, 3.8) is 0 Å². The maximum absolute atomic E-state index is 14.2. The summed E-state index contributed by atoms with van der Waals surface area (Å²) < 4.78 is 7.19. The topological polar surface area (TPSA) is 64.4 Å². The maximum Gasteiger partial charge on any atom is 0.359 e. The highest BCUT2D eigenvalue weighted by atomic mass is 16.5. The SMILES string of the molecule is CCOC(=O)c1nn(C(c2ccccc2)(c2ccccc2)c2ccccc2)c2c1CC/C(=C/N(C)C)C2=O. The number of nitrogens with zero attached hydrogens (tertiary/aromatic N) is 3. The zero-order valence-corrected chi connectivity index (χ0v) is 21.9. The molecule has 5 rings (SSSR count). The van der Waals surface area contributed by atoms with Gasteiger partial charge in [-0.15, -0.1) is 0 Å². The van der Waals surface area contributed by atoms with Gasteiger partial charge in [-0.3, -0.25) is 4.79 Å². The van der Waals surface area contributed by atoms with Gasteiger partial charge in [0.2, 0.25) is 5.78 Å². The Labute approximate surface area is 223 Å². The molecule has 1 aliphatic carbocycles. The Morgan fingerprint density at radius 3 is 1.84 bits per heavy atom. The van der Waals surface area contributed by atoms with Gasteiger partial charge in [-0.2, -0.15) is 5.10 Å². The summed E-state index contributed by atoms with van der Waals surface area (Å²) in [5, 5.41) is 4.96. The molecule has 1 aromatic heterocycles. The van der Waals surface area contributed by atoms with Gasteiger partial charge in [-0.25, -0.2) is 9.48 Å². The molecule has 6 nitrogen and oxygen atoms in total. The first kappa shape index (κ1) is 25.2. The number of carbonyl (C=O) groups is 2. The Morgan fingerprint density at radius 2 is 1.39 bits per heavy atom. The number of rotatable bonds is 7. The molecular weight excluding hydrogens is 474 g/mol. The molecule has 0 saturated heterocycles. The van der Waals surface area contributed by atoms with Crippen LogP contribution in [0.5, 0.6) is 0 Å². The van der Waals surface area contributed by atoms with Gasteiger partial charge in [-0.05, 0) is 36.5 Å². The van der Waals surface area contributed by atoms with E-state index in [1.807, 2.05) is 116 Å². The quantitative estimate of drug-likeness (QED) is 0.189. The van der Waals surface area contributed by atoms with E-state index in [2.05, 4.69) is 0 Å². The summed E-state index contributed by atoms with van der Waals surface area (Å²) in [5.41, 5.74) is 3.70. The van der Waals surface area contributed by atoms with Gasteiger partial charge in [-0.1, -0.05) is 91.0 Å². The highest BCUT2D eigenvalue weighted by Crippen LogP contribution is 2.43. The van der Waals surface area contributed by atoms with Crippen LogP contribution in [-0.2, 0) is 16.7 Å². The molecule has 1 aliphatic rings. The van der Waals surface area contributed by atoms with Crippen LogP contribution in [0.4, 0.5) is 0 Å². The van der Waals surface area contributed by atoms with Gasteiger partial charge in [0.25, 0.3) is 0 Å². The number of allylic oxidation sites excluding steroid dienone is 1. The average Bonchev–Trinajstić information content (AvgIpc) is 3.33. The highest BCUT2D eigenvalue weighted by Gasteiger charge is 2.45. The molecule has 0 amide bonds. The fourth-order valence-electron chi connectivity index (χ4n) is 5.39. The fraction of sp³-hybridized carbons (Fsp3) is 0.219. The zero-order valence-electron chi connectivity index (χ0n) is 21.9. The maximum atomic E-state index is 14.2. The molecule has 0 unspecified atom stereocenters. The molecule has 0 atom stereocenters.